The molecule has 0 aromatic heterocycles. The normalized spacial score (nSPS) is 24.5. The average molecular weight is 256 g/mol. The number of benzene rings is 1. The molecule has 1 heterocycles. The van der Waals surface area contributed by atoms with Gasteiger partial charge in [0.15, 0.2) is 5.78 Å². The maximum absolute atomic E-state index is 12.6. The number of rotatable bonds is 1. The lowest BCUT2D eigenvalue weighted by Crippen LogP contribution is -2.37. The summed E-state index contributed by atoms with van der Waals surface area (Å²) in [5.74, 6) is 0.206. The topological polar surface area (TPSA) is 23.6 Å². The van der Waals surface area contributed by atoms with Crippen molar-refractivity contribution in [2.75, 3.05) is 27.7 Å². The first-order chi connectivity index (χ1) is 9.08. The molecule has 1 aromatic carbocycles. The third-order valence-electron chi connectivity index (χ3n) is 4.16. The fourth-order valence-electron chi connectivity index (χ4n) is 3.25. The van der Waals surface area contributed by atoms with E-state index in [1.165, 1.54) is 11.1 Å². The maximum atomic E-state index is 12.6. The largest absolute Gasteiger partial charge is 0.383 e. The molecule has 0 saturated heterocycles. The van der Waals surface area contributed by atoms with Crippen LogP contribution in [-0.2, 0) is 6.42 Å². The average Bonchev–Trinajstić information content (AvgIpc) is 2.38. The summed E-state index contributed by atoms with van der Waals surface area (Å²) in [5.41, 5.74) is 4.47. The second kappa shape index (κ2) is 4.49. The molecule has 19 heavy (non-hydrogen) atoms. The zero-order chi connectivity index (χ0) is 13.6. The number of likely N-dealkylation sites (N-methyl/N-ethyl adjacent to an activating group) is 1. The highest BCUT2D eigenvalue weighted by Gasteiger charge is 2.35. The highest BCUT2D eigenvalue weighted by atomic mass is 16.1. The zero-order valence-electron chi connectivity index (χ0n) is 11.8. The van der Waals surface area contributed by atoms with Crippen LogP contribution in [0.15, 0.2) is 30.0 Å². The van der Waals surface area contributed by atoms with Crippen molar-refractivity contribution in [3.05, 3.63) is 46.7 Å². The van der Waals surface area contributed by atoms with Crippen LogP contribution < -0.4 is 0 Å². The molecular formula is C16H20N2O. The third kappa shape index (κ3) is 1.98. The van der Waals surface area contributed by atoms with Crippen molar-refractivity contribution in [3.8, 4) is 0 Å². The maximum Gasteiger partial charge on any atom is 0.190 e. The van der Waals surface area contributed by atoms with Gasteiger partial charge in [-0.05, 0) is 31.0 Å². The van der Waals surface area contributed by atoms with Crippen LogP contribution in [0, 0.1) is 0 Å². The zero-order valence-corrected chi connectivity index (χ0v) is 11.8. The van der Waals surface area contributed by atoms with Gasteiger partial charge >= 0.3 is 0 Å². The summed E-state index contributed by atoms with van der Waals surface area (Å²) in [4.78, 5) is 16.9. The number of carbonyl (C=O) groups is 1. The minimum atomic E-state index is 0.206. The SMILES string of the molecule is CN(C)C=C1CC2c3c(cccc3C1=O)CCN2C. The molecular weight excluding hydrogens is 236 g/mol. The Morgan fingerprint density at radius 3 is 2.89 bits per heavy atom. The van der Waals surface area contributed by atoms with Crippen LogP contribution in [0.4, 0.5) is 0 Å². The van der Waals surface area contributed by atoms with Gasteiger partial charge in [0.05, 0.1) is 0 Å². The quantitative estimate of drug-likeness (QED) is 0.720. The van der Waals surface area contributed by atoms with Crippen LogP contribution in [0.1, 0.15) is 33.9 Å². The van der Waals surface area contributed by atoms with Gasteiger partial charge in [-0.1, -0.05) is 18.2 Å². The molecule has 2 aliphatic rings. The van der Waals surface area contributed by atoms with E-state index in [2.05, 4.69) is 18.0 Å². The Balaban J connectivity index is 2.15. The van der Waals surface area contributed by atoms with Crippen molar-refractivity contribution in [2.45, 2.75) is 18.9 Å². The predicted molar refractivity (Wildman–Crippen MR) is 76.2 cm³/mol. The summed E-state index contributed by atoms with van der Waals surface area (Å²) in [6.45, 7) is 1.07. The molecule has 1 aliphatic carbocycles. The van der Waals surface area contributed by atoms with E-state index >= 15 is 0 Å². The molecule has 1 atom stereocenters. The smallest absolute Gasteiger partial charge is 0.190 e. The minimum absolute atomic E-state index is 0.206. The van der Waals surface area contributed by atoms with E-state index in [9.17, 15) is 4.79 Å². The Morgan fingerprint density at radius 2 is 2.16 bits per heavy atom. The number of hydrogen-bond acceptors (Lipinski definition) is 3. The van der Waals surface area contributed by atoms with E-state index in [1.807, 2.05) is 37.3 Å². The van der Waals surface area contributed by atoms with Crippen molar-refractivity contribution < 1.29 is 4.79 Å². The van der Waals surface area contributed by atoms with E-state index in [0.29, 0.717) is 6.04 Å². The van der Waals surface area contributed by atoms with Gasteiger partial charge in [0.2, 0.25) is 0 Å². The summed E-state index contributed by atoms with van der Waals surface area (Å²) in [7, 11) is 6.10. The molecule has 0 amide bonds. The molecule has 0 fully saturated rings. The lowest BCUT2D eigenvalue weighted by Gasteiger charge is -2.39. The van der Waals surface area contributed by atoms with Crippen LogP contribution in [0.5, 0.6) is 0 Å². The molecule has 3 heteroatoms. The molecule has 0 bridgehead atoms. The van der Waals surface area contributed by atoms with Crippen LogP contribution >= 0.6 is 0 Å². The summed E-state index contributed by atoms with van der Waals surface area (Å²) < 4.78 is 0. The fraction of sp³-hybridized carbons (Fsp3) is 0.438. The monoisotopic (exact) mass is 256 g/mol. The van der Waals surface area contributed by atoms with Gasteiger partial charge in [-0.15, -0.1) is 0 Å². The van der Waals surface area contributed by atoms with Gasteiger partial charge < -0.3 is 4.90 Å². The van der Waals surface area contributed by atoms with Gasteiger partial charge in [0, 0.05) is 44.0 Å². The lowest BCUT2D eigenvalue weighted by atomic mass is 9.78. The Labute approximate surface area is 114 Å². The lowest BCUT2D eigenvalue weighted by molar-refractivity contribution is 0.0997. The van der Waals surface area contributed by atoms with Crippen LogP contribution in [0.2, 0.25) is 0 Å². The summed E-state index contributed by atoms with van der Waals surface area (Å²) in [6.07, 6.45) is 3.86. The molecule has 3 nitrogen and oxygen atoms in total. The Kier molecular flexibility index (Phi) is 2.94. The molecule has 0 N–H and O–H groups in total. The summed E-state index contributed by atoms with van der Waals surface area (Å²) in [5, 5.41) is 0. The molecule has 1 aromatic rings. The Hall–Kier alpha value is -1.61. The van der Waals surface area contributed by atoms with Gasteiger partial charge in [-0.2, -0.15) is 0 Å². The predicted octanol–water partition coefficient (Wildman–Crippen LogP) is 2.25. The molecule has 0 radical (unpaired) electrons. The number of hydrogen-bond donors (Lipinski definition) is 0. The number of carbonyl (C=O) groups excluding carboxylic acids is 1. The van der Waals surface area contributed by atoms with Crippen LogP contribution in [-0.4, -0.2) is 43.3 Å². The van der Waals surface area contributed by atoms with Crippen molar-refractivity contribution in [1.29, 1.82) is 0 Å². The molecule has 1 unspecified atom stereocenters. The molecule has 1 aliphatic heterocycles. The second-order valence-corrected chi connectivity index (χ2v) is 5.78. The Bertz CT molecular complexity index is 560. The Morgan fingerprint density at radius 1 is 1.37 bits per heavy atom. The highest BCUT2D eigenvalue weighted by molar-refractivity contribution is 6.11. The van der Waals surface area contributed by atoms with Crippen LogP contribution in [0.3, 0.4) is 0 Å². The van der Waals surface area contributed by atoms with Gasteiger partial charge in [-0.25, -0.2) is 0 Å². The summed E-state index contributed by atoms with van der Waals surface area (Å²) in [6, 6.07) is 6.54. The van der Waals surface area contributed by atoms with E-state index in [-0.39, 0.29) is 5.78 Å². The molecule has 0 saturated carbocycles. The third-order valence-corrected chi connectivity index (χ3v) is 4.16. The van der Waals surface area contributed by atoms with E-state index < -0.39 is 0 Å². The van der Waals surface area contributed by atoms with Gasteiger partial charge in [-0.3, -0.25) is 9.69 Å². The van der Waals surface area contributed by atoms with Gasteiger partial charge in [0.25, 0.3) is 0 Å². The number of nitrogens with zero attached hydrogens (tertiary/aromatic N) is 2. The first-order valence-electron chi connectivity index (χ1n) is 6.82. The van der Waals surface area contributed by atoms with E-state index in [4.69, 9.17) is 0 Å². The molecule has 100 valence electrons. The standard InChI is InChI=1S/C16H20N2O/c1-17(2)10-12-9-14-15-11(7-8-18(14)3)5-4-6-13(15)16(12)19/h4-6,10,14H,7-9H2,1-3H3. The minimum Gasteiger partial charge on any atom is -0.383 e. The second-order valence-electron chi connectivity index (χ2n) is 5.78. The van der Waals surface area contributed by atoms with Crippen molar-refractivity contribution >= 4 is 5.78 Å². The number of ketones is 1. The highest BCUT2D eigenvalue weighted by Crippen LogP contribution is 2.40. The van der Waals surface area contributed by atoms with Crippen molar-refractivity contribution in [2.24, 2.45) is 0 Å². The number of Topliss-reactive ketones (excluding diaryl/α,β-unsaturated/α-hetero) is 1. The summed E-state index contributed by atoms with van der Waals surface area (Å²) >= 11 is 0. The van der Waals surface area contributed by atoms with E-state index in [1.54, 1.807) is 0 Å². The molecule has 3 rings (SSSR count). The first kappa shape index (κ1) is 12.4. The van der Waals surface area contributed by atoms with E-state index in [0.717, 1.165) is 30.5 Å². The van der Waals surface area contributed by atoms with Crippen molar-refractivity contribution in [1.82, 2.24) is 9.80 Å². The fourth-order valence-corrected chi connectivity index (χ4v) is 3.25. The van der Waals surface area contributed by atoms with Crippen LogP contribution in [0.25, 0.3) is 0 Å². The van der Waals surface area contributed by atoms with Gasteiger partial charge in [0.1, 0.15) is 0 Å². The van der Waals surface area contributed by atoms with Crippen molar-refractivity contribution in [3.63, 3.8) is 0 Å². The molecule has 0 spiro atoms. The first-order valence-corrected chi connectivity index (χ1v) is 6.82.